The van der Waals surface area contributed by atoms with Crippen molar-refractivity contribution >= 4 is 6.09 Å². The van der Waals surface area contributed by atoms with Gasteiger partial charge in [0.15, 0.2) is 0 Å². The lowest BCUT2D eigenvalue weighted by Crippen LogP contribution is -2.28. The summed E-state index contributed by atoms with van der Waals surface area (Å²) in [7, 11) is 0. The highest BCUT2D eigenvalue weighted by Gasteiger charge is 2.02. The molecular formula is C14H14N2O2. The molecule has 0 atom stereocenters. The van der Waals surface area contributed by atoms with Gasteiger partial charge in [-0.3, -0.25) is 4.98 Å². The van der Waals surface area contributed by atoms with E-state index in [0.29, 0.717) is 12.3 Å². The molecular weight excluding hydrogens is 228 g/mol. The van der Waals surface area contributed by atoms with Crippen molar-refractivity contribution in [3.8, 4) is 5.75 Å². The molecule has 1 heterocycles. The fourth-order valence-corrected chi connectivity index (χ4v) is 1.49. The summed E-state index contributed by atoms with van der Waals surface area (Å²) in [5.41, 5.74) is 1.13. The fourth-order valence-electron chi connectivity index (χ4n) is 1.49. The van der Waals surface area contributed by atoms with E-state index >= 15 is 0 Å². The number of carbonyl (C=O) groups is 1. The number of benzene rings is 1. The van der Waals surface area contributed by atoms with Crippen LogP contribution in [0.2, 0.25) is 0 Å². The second-order valence-corrected chi connectivity index (χ2v) is 3.73. The second kappa shape index (κ2) is 6.39. The maximum absolute atomic E-state index is 11.5. The van der Waals surface area contributed by atoms with E-state index in [1.54, 1.807) is 24.5 Å². The highest BCUT2D eigenvalue weighted by atomic mass is 16.5. The third-order valence-electron chi connectivity index (χ3n) is 2.39. The van der Waals surface area contributed by atoms with Gasteiger partial charge >= 0.3 is 6.09 Å². The van der Waals surface area contributed by atoms with Crippen LogP contribution in [0.4, 0.5) is 4.79 Å². The SMILES string of the molecule is O=C(NCCc1ccncc1)Oc1ccccc1. The molecule has 0 bridgehead atoms. The highest BCUT2D eigenvalue weighted by molar-refractivity contribution is 5.70. The molecule has 92 valence electrons. The number of hydrogen-bond acceptors (Lipinski definition) is 3. The average Bonchev–Trinajstić information content (AvgIpc) is 2.41. The topological polar surface area (TPSA) is 51.2 Å². The van der Waals surface area contributed by atoms with Crippen molar-refractivity contribution in [3.63, 3.8) is 0 Å². The molecule has 0 spiro atoms. The summed E-state index contributed by atoms with van der Waals surface area (Å²) >= 11 is 0. The number of ether oxygens (including phenoxy) is 1. The summed E-state index contributed by atoms with van der Waals surface area (Å²) in [6.45, 7) is 0.537. The molecule has 0 saturated carbocycles. The Morgan fingerprint density at radius 2 is 1.83 bits per heavy atom. The number of pyridine rings is 1. The Morgan fingerprint density at radius 1 is 1.11 bits per heavy atom. The van der Waals surface area contributed by atoms with Gasteiger partial charge in [-0.15, -0.1) is 0 Å². The maximum atomic E-state index is 11.5. The Kier molecular flexibility index (Phi) is 4.30. The van der Waals surface area contributed by atoms with Crippen LogP contribution in [-0.2, 0) is 6.42 Å². The van der Waals surface area contributed by atoms with Crippen LogP contribution in [0.25, 0.3) is 0 Å². The van der Waals surface area contributed by atoms with Crippen molar-refractivity contribution in [2.24, 2.45) is 0 Å². The molecule has 0 radical (unpaired) electrons. The summed E-state index contributed by atoms with van der Waals surface area (Å²) in [4.78, 5) is 15.4. The zero-order chi connectivity index (χ0) is 12.6. The van der Waals surface area contributed by atoms with Gasteiger partial charge in [-0.25, -0.2) is 4.79 Å². The molecule has 1 aromatic heterocycles. The third kappa shape index (κ3) is 3.90. The van der Waals surface area contributed by atoms with Crippen LogP contribution < -0.4 is 10.1 Å². The van der Waals surface area contributed by atoms with E-state index in [2.05, 4.69) is 10.3 Å². The van der Waals surface area contributed by atoms with Crippen molar-refractivity contribution in [1.82, 2.24) is 10.3 Å². The van der Waals surface area contributed by atoms with Crippen LogP contribution in [0, 0.1) is 0 Å². The predicted octanol–water partition coefficient (Wildman–Crippen LogP) is 2.41. The summed E-state index contributed by atoms with van der Waals surface area (Å²) in [6.07, 6.45) is 3.79. The Hall–Kier alpha value is -2.36. The normalized spacial score (nSPS) is 9.78. The summed E-state index contributed by atoms with van der Waals surface area (Å²) in [6, 6.07) is 12.8. The predicted molar refractivity (Wildman–Crippen MR) is 68.4 cm³/mol. The highest BCUT2D eigenvalue weighted by Crippen LogP contribution is 2.08. The van der Waals surface area contributed by atoms with Gasteiger partial charge in [-0.1, -0.05) is 18.2 Å². The molecule has 2 rings (SSSR count). The van der Waals surface area contributed by atoms with Gasteiger partial charge in [-0.2, -0.15) is 0 Å². The molecule has 18 heavy (non-hydrogen) atoms. The van der Waals surface area contributed by atoms with Crippen LogP contribution in [-0.4, -0.2) is 17.6 Å². The van der Waals surface area contributed by atoms with Crippen molar-refractivity contribution in [2.75, 3.05) is 6.54 Å². The number of para-hydroxylation sites is 1. The first-order valence-electron chi connectivity index (χ1n) is 5.74. The second-order valence-electron chi connectivity index (χ2n) is 3.73. The van der Waals surface area contributed by atoms with E-state index in [0.717, 1.165) is 12.0 Å². The molecule has 4 heteroatoms. The molecule has 0 saturated heterocycles. The number of aromatic nitrogens is 1. The molecule has 0 aliphatic rings. The monoisotopic (exact) mass is 242 g/mol. The summed E-state index contributed by atoms with van der Waals surface area (Å²) < 4.78 is 5.09. The van der Waals surface area contributed by atoms with Gasteiger partial charge in [-0.05, 0) is 36.2 Å². The number of nitrogens with one attached hydrogen (secondary N) is 1. The minimum absolute atomic E-state index is 0.435. The van der Waals surface area contributed by atoms with Gasteiger partial charge < -0.3 is 10.1 Å². The van der Waals surface area contributed by atoms with E-state index in [4.69, 9.17) is 4.74 Å². The number of rotatable bonds is 4. The Balaban J connectivity index is 1.73. The zero-order valence-corrected chi connectivity index (χ0v) is 9.87. The quantitative estimate of drug-likeness (QED) is 0.895. The van der Waals surface area contributed by atoms with Crippen molar-refractivity contribution in [3.05, 3.63) is 60.4 Å². The van der Waals surface area contributed by atoms with E-state index < -0.39 is 6.09 Å². The van der Waals surface area contributed by atoms with E-state index in [-0.39, 0.29) is 0 Å². The van der Waals surface area contributed by atoms with Crippen LogP contribution in [0.1, 0.15) is 5.56 Å². The lowest BCUT2D eigenvalue weighted by Gasteiger charge is -2.06. The first kappa shape index (κ1) is 12.1. The Labute approximate surface area is 106 Å². The van der Waals surface area contributed by atoms with Gasteiger partial charge in [0.25, 0.3) is 0 Å². The minimum Gasteiger partial charge on any atom is -0.410 e. The van der Waals surface area contributed by atoms with E-state index in [9.17, 15) is 4.79 Å². The largest absolute Gasteiger partial charge is 0.412 e. The van der Waals surface area contributed by atoms with E-state index in [1.165, 1.54) is 0 Å². The van der Waals surface area contributed by atoms with Gasteiger partial charge in [0.1, 0.15) is 5.75 Å². The lowest BCUT2D eigenvalue weighted by atomic mass is 10.2. The van der Waals surface area contributed by atoms with Crippen LogP contribution in [0.15, 0.2) is 54.9 Å². The van der Waals surface area contributed by atoms with Gasteiger partial charge in [0.2, 0.25) is 0 Å². The molecule has 1 aromatic carbocycles. The standard InChI is InChI=1S/C14H14N2O2/c17-14(18-13-4-2-1-3-5-13)16-11-8-12-6-9-15-10-7-12/h1-7,9-10H,8,11H2,(H,16,17). The molecule has 0 fully saturated rings. The molecule has 0 aliphatic carbocycles. The molecule has 0 unspecified atom stereocenters. The van der Waals surface area contributed by atoms with Crippen LogP contribution >= 0.6 is 0 Å². The first-order valence-corrected chi connectivity index (χ1v) is 5.74. The molecule has 4 nitrogen and oxygen atoms in total. The molecule has 2 aromatic rings. The Bertz CT molecular complexity index is 486. The number of carbonyl (C=O) groups excluding carboxylic acids is 1. The lowest BCUT2D eigenvalue weighted by molar-refractivity contribution is 0.200. The average molecular weight is 242 g/mol. The van der Waals surface area contributed by atoms with Crippen molar-refractivity contribution in [2.45, 2.75) is 6.42 Å². The van der Waals surface area contributed by atoms with Crippen molar-refractivity contribution in [1.29, 1.82) is 0 Å². The van der Waals surface area contributed by atoms with Gasteiger partial charge in [0.05, 0.1) is 0 Å². The minimum atomic E-state index is -0.435. The van der Waals surface area contributed by atoms with Crippen LogP contribution in [0.5, 0.6) is 5.75 Å². The number of amides is 1. The van der Waals surface area contributed by atoms with Gasteiger partial charge in [0, 0.05) is 18.9 Å². The molecule has 1 amide bonds. The first-order chi connectivity index (χ1) is 8.84. The summed E-state index contributed by atoms with van der Waals surface area (Å²) in [5.74, 6) is 0.541. The smallest absolute Gasteiger partial charge is 0.410 e. The Morgan fingerprint density at radius 3 is 2.56 bits per heavy atom. The summed E-state index contributed by atoms with van der Waals surface area (Å²) in [5, 5.41) is 2.70. The fraction of sp³-hybridized carbons (Fsp3) is 0.143. The van der Waals surface area contributed by atoms with Crippen molar-refractivity contribution < 1.29 is 9.53 Å². The molecule has 1 N–H and O–H groups in total. The maximum Gasteiger partial charge on any atom is 0.412 e. The third-order valence-corrected chi connectivity index (χ3v) is 2.39. The number of hydrogen-bond donors (Lipinski definition) is 1. The van der Waals surface area contributed by atoms with E-state index in [1.807, 2.05) is 30.3 Å². The zero-order valence-electron chi connectivity index (χ0n) is 9.87. The number of nitrogens with zero attached hydrogens (tertiary/aromatic N) is 1. The van der Waals surface area contributed by atoms with Crippen LogP contribution in [0.3, 0.4) is 0 Å². The molecule has 0 aliphatic heterocycles.